The van der Waals surface area contributed by atoms with Gasteiger partial charge in [-0.2, -0.15) is 0 Å². The second-order valence-electron chi connectivity index (χ2n) is 3.46. The molecule has 1 aromatic heterocycles. The molecule has 2 rings (SSSR count). The molecule has 2 aromatic rings. The van der Waals surface area contributed by atoms with Crippen molar-refractivity contribution < 1.29 is 9.13 Å². The van der Waals surface area contributed by atoms with Gasteiger partial charge >= 0.3 is 0 Å². The van der Waals surface area contributed by atoms with Gasteiger partial charge in [0.2, 0.25) is 0 Å². The fourth-order valence-electron chi connectivity index (χ4n) is 1.57. The summed E-state index contributed by atoms with van der Waals surface area (Å²) in [5.74, 6) is -0.305. The van der Waals surface area contributed by atoms with Crippen molar-refractivity contribution in [3.8, 4) is 11.3 Å². The van der Waals surface area contributed by atoms with E-state index in [4.69, 9.17) is 16.3 Å². The van der Waals surface area contributed by atoms with Crippen LogP contribution < -0.4 is 0 Å². The van der Waals surface area contributed by atoms with Crippen molar-refractivity contribution in [3.05, 3.63) is 47.1 Å². The lowest BCUT2D eigenvalue weighted by Crippen LogP contribution is -1.95. The Balaban J connectivity index is 2.50. The number of rotatable bonds is 3. The van der Waals surface area contributed by atoms with Gasteiger partial charge in [-0.1, -0.05) is 11.6 Å². The number of ether oxygens (including phenoxy) is 1. The monoisotopic (exact) mass is 252 g/mol. The summed E-state index contributed by atoms with van der Waals surface area (Å²) >= 11 is 5.80. The SMILES string of the molecule is COCc1cc(F)ccc1-c1cc(Cl)ncn1. The fourth-order valence-corrected chi connectivity index (χ4v) is 1.71. The standard InChI is InChI=1S/C12H10ClFN2O/c1-17-6-8-4-9(14)2-3-10(8)11-5-12(13)16-7-15-11/h2-5,7H,6H2,1H3. The van der Waals surface area contributed by atoms with Gasteiger partial charge in [-0.25, -0.2) is 14.4 Å². The van der Waals surface area contributed by atoms with Crippen molar-refractivity contribution in [2.45, 2.75) is 6.61 Å². The summed E-state index contributed by atoms with van der Waals surface area (Å²) in [6.45, 7) is 0.314. The molecule has 0 fully saturated rings. The molecule has 0 amide bonds. The third-order valence-corrected chi connectivity index (χ3v) is 2.48. The maximum absolute atomic E-state index is 13.2. The predicted molar refractivity (Wildman–Crippen MR) is 63.1 cm³/mol. The third-order valence-electron chi connectivity index (χ3n) is 2.28. The van der Waals surface area contributed by atoms with Gasteiger partial charge in [0.05, 0.1) is 12.3 Å². The smallest absolute Gasteiger partial charge is 0.133 e. The molecule has 0 aliphatic carbocycles. The van der Waals surface area contributed by atoms with Crippen LogP contribution in [0.1, 0.15) is 5.56 Å². The van der Waals surface area contributed by atoms with Crippen LogP contribution in [-0.4, -0.2) is 17.1 Å². The van der Waals surface area contributed by atoms with Crippen LogP contribution in [0.25, 0.3) is 11.3 Å². The molecular formula is C12H10ClFN2O. The Labute approximate surface area is 103 Å². The summed E-state index contributed by atoms with van der Waals surface area (Å²) in [5.41, 5.74) is 2.16. The number of nitrogens with zero attached hydrogens (tertiary/aromatic N) is 2. The van der Waals surface area contributed by atoms with Crippen LogP contribution in [-0.2, 0) is 11.3 Å². The van der Waals surface area contributed by atoms with Crippen LogP contribution in [0.5, 0.6) is 0 Å². The summed E-state index contributed by atoms with van der Waals surface area (Å²) < 4.78 is 18.2. The summed E-state index contributed by atoms with van der Waals surface area (Å²) in [4.78, 5) is 7.92. The molecular weight excluding hydrogens is 243 g/mol. The zero-order valence-electron chi connectivity index (χ0n) is 9.15. The second kappa shape index (κ2) is 5.21. The molecule has 0 saturated carbocycles. The van der Waals surface area contributed by atoms with Crippen LogP contribution in [0.15, 0.2) is 30.6 Å². The Morgan fingerprint density at radius 1 is 1.29 bits per heavy atom. The molecule has 0 aliphatic rings. The zero-order valence-corrected chi connectivity index (χ0v) is 9.91. The molecule has 0 atom stereocenters. The van der Waals surface area contributed by atoms with Crippen LogP contribution >= 0.6 is 11.6 Å². The molecule has 3 nitrogen and oxygen atoms in total. The number of methoxy groups -OCH3 is 1. The lowest BCUT2D eigenvalue weighted by Gasteiger charge is -2.08. The number of hydrogen-bond donors (Lipinski definition) is 0. The number of benzene rings is 1. The van der Waals surface area contributed by atoms with E-state index in [1.54, 1.807) is 19.2 Å². The highest BCUT2D eigenvalue weighted by Crippen LogP contribution is 2.24. The van der Waals surface area contributed by atoms with Gasteiger partial charge in [-0.3, -0.25) is 0 Å². The van der Waals surface area contributed by atoms with Crippen molar-refractivity contribution in [2.75, 3.05) is 7.11 Å². The summed E-state index contributed by atoms with van der Waals surface area (Å²) in [6, 6.07) is 6.09. The van der Waals surface area contributed by atoms with Crippen LogP contribution in [0.3, 0.4) is 0 Å². The molecule has 0 spiro atoms. The molecule has 1 heterocycles. The summed E-state index contributed by atoms with van der Waals surface area (Å²) in [5, 5.41) is 0.350. The predicted octanol–water partition coefficient (Wildman–Crippen LogP) is 3.08. The zero-order chi connectivity index (χ0) is 12.3. The first kappa shape index (κ1) is 12.0. The maximum atomic E-state index is 13.2. The second-order valence-corrected chi connectivity index (χ2v) is 3.85. The highest BCUT2D eigenvalue weighted by molar-refractivity contribution is 6.29. The first-order valence-electron chi connectivity index (χ1n) is 4.96. The fraction of sp³-hybridized carbons (Fsp3) is 0.167. The van der Waals surface area contributed by atoms with Gasteiger partial charge in [0.1, 0.15) is 17.3 Å². The molecule has 0 N–H and O–H groups in total. The van der Waals surface area contributed by atoms with E-state index in [1.807, 2.05) is 0 Å². The lowest BCUT2D eigenvalue weighted by atomic mass is 10.0. The van der Waals surface area contributed by atoms with E-state index in [-0.39, 0.29) is 5.82 Å². The minimum Gasteiger partial charge on any atom is -0.380 e. The molecule has 0 bridgehead atoms. The largest absolute Gasteiger partial charge is 0.380 e. The minimum absolute atomic E-state index is 0.305. The van der Waals surface area contributed by atoms with E-state index in [1.165, 1.54) is 18.5 Å². The number of halogens is 2. The van der Waals surface area contributed by atoms with E-state index in [0.717, 1.165) is 11.1 Å². The highest BCUT2D eigenvalue weighted by Gasteiger charge is 2.08. The van der Waals surface area contributed by atoms with E-state index < -0.39 is 0 Å². The van der Waals surface area contributed by atoms with E-state index >= 15 is 0 Å². The molecule has 88 valence electrons. The molecule has 17 heavy (non-hydrogen) atoms. The van der Waals surface area contributed by atoms with Crippen molar-refractivity contribution in [2.24, 2.45) is 0 Å². The normalized spacial score (nSPS) is 10.5. The van der Waals surface area contributed by atoms with Crippen LogP contribution in [0.2, 0.25) is 5.15 Å². The molecule has 0 aliphatic heterocycles. The average molecular weight is 253 g/mol. The molecule has 1 aromatic carbocycles. The quantitative estimate of drug-likeness (QED) is 0.788. The Bertz CT molecular complexity index is 534. The minimum atomic E-state index is -0.305. The molecule has 0 radical (unpaired) electrons. The highest BCUT2D eigenvalue weighted by atomic mass is 35.5. The average Bonchev–Trinajstić information content (AvgIpc) is 2.29. The van der Waals surface area contributed by atoms with Crippen LogP contribution in [0.4, 0.5) is 4.39 Å². The van der Waals surface area contributed by atoms with Crippen molar-refractivity contribution >= 4 is 11.6 Å². The first-order chi connectivity index (χ1) is 8.20. The molecule has 0 unspecified atom stereocenters. The number of hydrogen-bond acceptors (Lipinski definition) is 3. The Morgan fingerprint density at radius 2 is 2.12 bits per heavy atom. The Hall–Kier alpha value is -1.52. The van der Waals surface area contributed by atoms with Gasteiger partial charge in [-0.15, -0.1) is 0 Å². The first-order valence-corrected chi connectivity index (χ1v) is 5.34. The van der Waals surface area contributed by atoms with Crippen molar-refractivity contribution in [1.82, 2.24) is 9.97 Å². The van der Waals surface area contributed by atoms with Crippen molar-refractivity contribution in [1.29, 1.82) is 0 Å². The van der Waals surface area contributed by atoms with E-state index in [2.05, 4.69) is 9.97 Å². The van der Waals surface area contributed by atoms with Crippen LogP contribution in [0, 0.1) is 5.82 Å². The van der Waals surface area contributed by atoms with Gasteiger partial charge in [0.25, 0.3) is 0 Å². The van der Waals surface area contributed by atoms with Gasteiger partial charge < -0.3 is 4.74 Å². The molecule has 5 heteroatoms. The van der Waals surface area contributed by atoms with E-state index in [0.29, 0.717) is 17.5 Å². The topological polar surface area (TPSA) is 35.0 Å². The Kier molecular flexibility index (Phi) is 3.66. The maximum Gasteiger partial charge on any atom is 0.133 e. The van der Waals surface area contributed by atoms with Gasteiger partial charge in [0, 0.05) is 18.7 Å². The summed E-state index contributed by atoms with van der Waals surface area (Å²) in [6.07, 6.45) is 1.37. The Morgan fingerprint density at radius 3 is 2.82 bits per heavy atom. The molecule has 0 saturated heterocycles. The van der Waals surface area contributed by atoms with Crippen molar-refractivity contribution in [3.63, 3.8) is 0 Å². The lowest BCUT2D eigenvalue weighted by molar-refractivity contribution is 0.185. The summed E-state index contributed by atoms with van der Waals surface area (Å²) in [7, 11) is 1.56. The van der Waals surface area contributed by atoms with E-state index in [9.17, 15) is 4.39 Å². The van der Waals surface area contributed by atoms with Gasteiger partial charge in [-0.05, 0) is 23.8 Å². The van der Waals surface area contributed by atoms with Gasteiger partial charge in [0.15, 0.2) is 0 Å². The number of aromatic nitrogens is 2. The third kappa shape index (κ3) is 2.78.